The first-order valence-corrected chi connectivity index (χ1v) is 15.0. The summed E-state index contributed by atoms with van der Waals surface area (Å²) in [6, 6.07) is 7.57. The van der Waals surface area contributed by atoms with E-state index in [4.69, 9.17) is 9.47 Å². The number of carbonyl (C=O) groups is 4. The fourth-order valence-electron chi connectivity index (χ4n) is 5.94. The topological polar surface area (TPSA) is 147 Å². The SMILES string of the molecule is CC(C)(C)OC(=O)NC1CCCCC/C=C/C2CC2(C(=O)O)NC(=O)C2CC(Oc3nccc4ccccc34)CN2C1=O. The van der Waals surface area contributed by atoms with E-state index in [0.717, 1.165) is 30.0 Å². The largest absolute Gasteiger partial charge is 0.479 e. The van der Waals surface area contributed by atoms with Crippen LogP contribution in [0.1, 0.15) is 65.7 Å². The molecule has 0 bridgehead atoms. The Kier molecular flexibility index (Phi) is 8.62. The number of amides is 3. The van der Waals surface area contributed by atoms with E-state index in [1.807, 2.05) is 42.5 Å². The van der Waals surface area contributed by atoms with Crippen molar-refractivity contribution in [1.82, 2.24) is 20.5 Å². The van der Waals surface area contributed by atoms with Crippen LogP contribution >= 0.6 is 0 Å². The molecule has 2 fully saturated rings. The van der Waals surface area contributed by atoms with Gasteiger partial charge in [-0.1, -0.05) is 43.2 Å². The molecule has 3 amide bonds. The summed E-state index contributed by atoms with van der Waals surface area (Å²) in [6.07, 6.45) is 8.06. The Hall–Kier alpha value is -4.15. The first-order valence-electron chi connectivity index (χ1n) is 15.0. The van der Waals surface area contributed by atoms with Crippen LogP contribution in [0.15, 0.2) is 48.7 Å². The number of rotatable bonds is 4. The molecular formula is C32H40N4O7. The lowest BCUT2D eigenvalue weighted by molar-refractivity contribution is -0.145. The number of nitrogens with zero attached hydrogens (tertiary/aromatic N) is 2. The number of ether oxygens (including phenoxy) is 2. The Morgan fingerprint density at radius 1 is 1.14 bits per heavy atom. The molecule has 1 aliphatic carbocycles. The van der Waals surface area contributed by atoms with Crippen LogP contribution in [-0.4, -0.2) is 74.7 Å². The van der Waals surface area contributed by atoms with Crippen molar-refractivity contribution >= 4 is 34.6 Å². The molecule has 1 saturated heterocycles. The lowest BCUT2D eigenvalue weighted by Crippen LogP contribution is -2.56. The van der Waals surface area contributed by atoms with Gasteiger partial charge in [0.15, 0.2) is 0 Å². The van der Waals surface area contributed by atoms with Gasteiger partial charge in [-0.3, -0.25) is 9.59 Å². The Labute approximate surface area is 251 Å². The van der Waals surface area contributed by atoms with Gasteiger partial charge in [-0.25, -0.2) is 14.6 Å². The van der Waals surface area contributed by atoms with E-state index >= 15 is 0 Å². The fourth-order valence-corrected chi connectivity index (χ4v) is 5.94. The number of alkyl carbamates (subject to hydrolysis) is 1. The molecule has 0 radical (unpaired) electrons. The van der Waals surface area contributed by atoms with Gasteiger partial charge in [0.2, 0.25) is 17.7 Å². The monoisotopic (exact) mass is 592 g/mol. The minimum Gasteiger partial charge on any atom is -0.479 e. The zero-order valence-corrected chi connectivity index (χ0v) is 24.9. The molecule has 2 aliphatic heterocycles. The molecule has 1 aromatic heterocycles. The van der Waals surface area contributed by atoms with Crippen LogP contribution in [0.5, 0.6) is 5.88 Å². The highest BCUT2D eigenvalue weighted by Crippen LogP contribution is 2.45. The summed E-state index contributed by atoms with van der Waals surface area (Å²) in [5.74, 6) is -2.04. The third kappa shape index (κ3) is 6.92. The summed E-state index contributed by atoms with van der Waals surface area (Å²) in [6.45, 7) is 5.29. The van der Waals surface area contributed by atoms with Gasteiger partial charge in [0.05, 0.1) is 6.54 Å². The summed E-state index contributed by atoms with van der Waals surface area (Å²) in [7, 11) is 0. The molecule has 11 nitrogen and oxygen atoms in total. The number of aliphatic carboxylic acids is 1. The van der Waals surface area contributed by atoms with Crippen molar-refractivity contribution in [3.8, 4) is 5.88 Å². The Balaban J connectivity index is 1.44. The lowest BCUT2D eigenvalue weighted by atomic mass is 10.0. The predicted octanol–water partition coefficient (Wildman–Crippen LogP) is 3.96. The maximum atomic E-state index is 14.1. The number of pyridine rings is 1. The number of nitrogens with one attached hydrogen (secondary N) is 2. The molecule has 1 aromatic carbocycles. The normalized spacial score (nSPS) is 28.9. The van der Waals surface area contributed by atoms with Gasteiger partial charge in [-0.15, -0.1) is 0 Å². The maximum Gasteiger partial charge on any atom is 0.408 e. The third-order valence-corrected chi connectivity index (χ3v) is 8.23. The van der Waals surface area contributed by atoms with E-state index < -0.39 is 53.2 Å². The highest BCUT2D eigenvalue weighted by molar-refractivity contribution is 5.96. The van der Waals surface area contributed by atoms with Crippen molar-refractivity contribution in [1.29, 1.82) is 0 Å². The highest BCUT2D eigenvalue weighted by atomic mass is 16.6. The molecule has 5 rings (SSSR count). The molecule has 1 saturated carbocycles. The average Bonchev–Trinajstić information content (AvgIpc) is 3.48. The van der Waals surface area contributed by atoms with Crippen LogP contribution in [0, 0.1) is 5.92 Å². The molecule has 3 aliphatic rings. The van der Waals surface area contributed by atoms with E-state index in [1.165, 1.54) is 4.90 Å². The molecule has 43 heavy (non-hydrogen) atoms. The summed E-state index contributed by atoms with van der Waals surface area (Å²) in [5, 5.41) is 17.3. The van der Waals surface area contributed by atoms with Crippen molar-refractivity contribution in [2.75, 3.05) is 6.54 Å². The number of carboxylic acid groups (broad SMARTS) is 1. The Bertz CT molecular complexity index is 1410. The first-order chi connectivity index (χ1) is 20.5. The lowest BCUT2D eigenvalue weighted by Gasteiger charge is -2.30. The molecule has 3 heterocycles. The van der Waals surface area contributed by atoms with Crippen LogP contribution in [0.25, 0.3) is 10.8 Å². The Morgan fingerprint density at radius 2 is 1.93 bits per heavy atom. The van der Waals surface area contributed by atoms with Crippen LogP contribution in [0.3, 0.4) is 0 Å². The zero-order chi connectivity index (χ0) is 30.8. The van der Waals surface area contributed by atoms with Crippen LogP contribution in [0.4, 0.5) is 4.79 Å². The van der Waals surface area contributed by atoms with Gasteiger partial charge in [-0.05, 0) is 64.0 Å². The number of benzene rings is 1. The third-order valence-electron chi connectivity index (χ3n) is 8.23. The fraction of sp³-hybridized carbons (Fsp3) is 0.531. The molecule has 11 heteroatoms. The van der Waals surface area contributed by atoms with Crippen LogP contribution < -0.4 is 15.4 Å². The van der Waals surface area contributed by atoms with E-state index in [1.54, 1.807) is 27.0 Å². The van der Waals surface area contributed by atoms with Crippen molar-refractivity contribution in [2.24, 2.45) is 5.92 Å². The second-order valence-electron chi connectivity index (χ2n) is 12.7. The number of hydrogen-bond donors (Lipinski definition) is 3. The molecule has 5 atom stereocenters. The number of carbonyl (C=O) groups excluding carboxylic acids is 3. The van der Waals surface area contributed by atoms with Crippen molar-refractivity contribution in [3.05, 3.63) is 48.7 Å². The van der Waals surface area contributed by atoms with Gasteiger partial charge in [0.25, 0.3) is 0 Å². The van der Waals surface area contributed by atoms with Crippen molar-refractivity contribution in [2.45, 2.75) is 95.0 Å². The first kappa shape index (κ1) is 30.3. The van der Waals surface area contributed by atoms with Gasteiger partial charge >= 0.3 is 12.1 Å². The number of carboxylic acids is 1. The van der Waals surface area contributed by atoms with E-state index in [2.05, 4.69) is 15.6 Å². The zero-order valence-electron chi connectivity index (χ0n) is 24.9. The minimum atomic E-state index is -1.41. The molecule has 0 spiro atoms. The number of allylic oxidation sites excluding steroid dienone is 1. The smallest absolute Gasteiger partial charge is 0.408 e. The molecular weight excluding hydrogens is 552 g/mol. The average molecular weight is 593 g/mol. The van der Waals surface area contributed by atoms with Crippen LogP contribution in [-0.2, 0) is 19.1 Å². The Morgan fingerprint density at radius 3 is 2.70 bits per heavy atom. The summed E-state index contributed by atoms with van der Waals surface area (Å²) >= 11 is 0. The molecule has 2 aromatic rings. The molecule has 3 N–H and O–H groups in total. The molecule has 5 unspecified atom stereocenters. The second-order valence-corrected chi connectivity index (χ2v) is 12.7. The summed E-state index contributed by atoms with van der Waals surface area (Å²) < 4.78 is 11.7. The number of hydrogen-bond acceptors (Lipinski definition) is 7. The van der Waals surface area contributed by atoms with Crippen molar-refractivity contribution in [3.63, 3.8) is 0 Å². The second kappa shape index (κ2) is 12.2. The maximum absolute atomic E-state index is 14.1. The number of fused-ring (bicyclic) bond motifs is 3. The number of aromatic nitrogens is 1. The van der Waals surface area contributed by atoms with Gasteiger partial charge in [0, 0.05) is 23.9 Å². The summed E-state index contributed by atoms with van der Waals surface area (Å²) in [5.41, 5.74) is -2.17. The van der Waals surface area contributed by atoms with Crippen LogP contribution in [0.2, 0.25) is 0 Å². The van der Waals surface area contributed by atoms with E-state index in [0.29, 0.717) is 18.7 Å². The van der Waals surface area contributed by atoms with Gasteiger partial charge < -0.3 is 30.1 Å². The standard InChI is InChI=1S/C32H40N4O7/c1-31(2,3)43-30(41)34-24-14-8-6-4-5-7-12-21-18-32(21,29(39)40)35-26(37)25-17-22(19-36(25)28(24)38)42-27-23-13-10-9-11-20(23)15-16-33-27/h7,9-13,15-16,21-22,24-25H,4-6,8,14,17-19H2,1-3H3,(H,34,41)(H,35,37)(H,39,40)/b12-7+. The quantitative estimate of drug-likeness (QED) is 0.452. The minimum absolute atomic E-state index is 0.0672. The van der Waals surface area contributed by atoms with E-state index in [-0.39, 0.29) is 25.3 Å². The summed E-state index contributed by atoms with van der Waals surface area (Å²) in [4.78, 5) is 58.8. The van der Waals surface area contributed by atoms with E-state index in [9.17, 15) is 24.3 Å². The van der Waals surface area contributed by atoms with Gasteiger partial charge in [0.1, 0.15) is 29.3 Å². The highest BCUT2D eigenvalue weighted by Gasteiger charge is 2.61. The predicted molar refractivity (Wildman–Crippen MR) is 158 cm³/mol. The van der Waals surface area contributed by atoms with Crippen molar-refractivity contribution < 1.29 is 33.8 Å². The van der Waals surface area contributed by atoms with Gasteiger partial charge in [-0.2, -0.15) is 0 Å². The molecule has 230 valence electrons.